The van der Waals surface area contributed by atoms with Crippen LogP contribution in [0.2, 0.25) is 0 Å². The summed E-state index contributed by atoms with van der Waals surface area (Å²) >= 11 is 1.46. The lowest BCUT2D eigenvalue weighted by Gasteiger charge is -2.36. The smallest absolute Gasteiger partial charge is 0.253 e. The Kier molecular flexibility index (Phi) is 5.58. The maximum atomic E-state index is 14.0. The molecule has 2 atom stereocenters. The molecule has 0 aromatic heterocycles. The number of hydrogen-bond donors (Lipinski definition) is 1. The van der Waals surface area contributed by atoms with Gasteiger partial charge in [0.05, 0.1) is 23.2 Å². The Bertz CT molecular complexity index is 1160. The number of aliphatic imine (C=N–C) groups is 1. The number of anilines is 2. The number of amidine groups is 1. The summed E-state index contributed by atoms with van der Waals surface area (Å²) in [5.41, 5.74) is 1.98. The fourth-order valence-electron chi connectivity index (χ4n) is 4.28. The Morgan fingerprint density at radius 3 is 2.44 bits per heavy atom. The highest BCUT2D eigenvalue weighted by molar-refractivity contribution is 8.15. The fraction of sp³-hybridized carbons (Fsp3) is 0.364. The van der Waals surface area contributed by atoms with E-state index in [9.17, 15) is 17.6 Å². The molecule has 0 radical (unpaired) electrons. The van der Waals surface area contributed by atoms with E-state index in [0.717, 1.165) is 10.9 Å². The molecule has 1 amide bonds. The van der Waals surface area contributed by atoms with Crippen LogP contribution in [0.3, 0.4) is 0 Å². The summed E-state index contributed by atoms with van der Waals surface area (Å²) in [6.07, 6.45) is 0. The Hall–Kier alpha value is -2.59. The van der Waals surface area contributed by atoms with Gasteiger partial charge in [-0.1, -0.05) is 23.9 Å². The number of nitrogens with one attached hydrogen (secondary N) is 1. The summed E-state index contributed by atoms with van der Waals surface area (Å²) in [7, 11) is -2.97. The minimum absolute atomic E-state index is 0.00798. The second kappa shape index (κ2) is 8.40. The number of benzene rings is 2. The molecule has 3 heterocycles. The molecule has 2 aromatic carbocycles. The molecule has 2 aromatic rings. The largest absolute Gasteiger partial charge is 0.366 e. The van der Waals surface area contributed by atoms with Crippen molar-refractivity contribution in [2.75, 3.05) is 47.9 Å². The first-order chi connectivity index (χ1) is 15.4. The van der Waals surface area contributed by atoms with Crippen molar-refractivity contribution in [3.63, 3.8) is 0 Å². The van der Waals surface area contributed by atoms with E-state index in [1.54, 1.807) is 29.2 Å². The number of sulfone groups is 1. The summed E-state index contributed by atoms with van der Waals surface area (Å²) in [6, 6.07) is 13.7. The topological polar surface area (TPSA) is 82.1 Å². The molecule has 5 rings (SSSR count). The van der Waals surface area contributed by atoms with Crippen LogP contribution in [-0.2, 0) is 9.84 Å². The van der Waals surface area contributed by atoms with Crippen molar-refractivity contribution in [2.45, 2.75) is 11.3 Å². The Morgan fingerprint density at radius 2 is 1.75 bits per heavy atom. The molecular formula is C22H23FN4O3S2. The Labute approximate surface area is 190 Å². The van der Waals surface area contributed by atoms with Crippen molar-refractivity contribution in [2.24, 2.45) is 4.99 Å². The van der Waals surface area contributed by atoms with Crippen LogP contribution in [0.4, 0.5) is 15.8 Å². The molecule has 7 nitrogen and oxygen atoms in total. The van der Waals surface area contributed by atoms with Gasteiger partial charge in [0.15, 0.2) is 15.0 Å². The number of para-hydroxylation sites is 1. The number of piperazine rings is 1. The number of nitrogens with zero attached hydrogens (tertiary/aromatic N) is 3. The van der Waals surface area contributed by atoms with E-state index in [1.165, 1.54) is 17.8 Å². The van der Waals surface area contributed by atoms with Crippen LogP contribution >= 0.6 is 11.8 Å². The predicted octanol–water partition coefficient (Wildman–Crippen LogP) is 2.47. The molecule has 1 N–H and O–H groups in total. The van der Waals surface area contributed by atoms with Crippen LogP contribution in [0.15, 0.2) is 53.5 Å². The number of rotatable bonds is 3. The van der Waals surface area contributed by atoms with E-state index in [2.05, 4.69) is 10.3 Å². The Balaban J connectivity index is 1.17. The summed E-state index contributed by atoms with van der Waals surface area (Å²) in [6.45, 7) is 2.24. The third kappa shape index (κ3) is 4.33. The van der Waals surface area contributed by atoms with Crippen molar-refractivity contribution >= 4 is 44.0 Å². The monoisotopic (exact) mass is 474 g/mol. The highest BCUT2D eigenvalue weighted by atomic mass is 32.2. The van der Waals surface area contributed by atoms with Crippen molar-refractivity contribution in [1.82, 2.24) is 4.90 Å². The van der Waals surface area contributed by atoms with Gasteiger partial charge in [0, 0.05) is 42.7 Å². The molecule has 32 heavy (non-hydrogen) atoms. The van der Waals surface area contributed by atoms with E-state index >= 15 is 0 Å². The second-order valence-corrected chi connectivity index (χ2v) is 11.5. The minimum atomic E-state index is -2.97. The normalized spacial score (nSPS) is 24.2. The fourth-order valence-corrected chi connectivity index (χ4v) is 7.95. The predicted molar refractivity (Wildman–Crippen MR) is 126 cm³/mol. The van der Waals surface area contributed by atoms with Gasteiger partial charge >= 0.3 is 0 Å². The highest BCUT2D eigenvalue weighted by Crippen LogP contribution is 2.34. The zero-order chi connectivity index (χ0) is 22.3. The first kappa shape index (κ1) is 21.3. The first-order valence-corrected chi connectivity index (χ1v) is 13.2. The number of thioether (sulfide) groups is 1. The van der Waals surface area contributed by atoms with Gasteiger partial charge in [0.1, 0.15) is 5.82 Å². The van der Waals surface area contributed by atoms with Crippen LogP contribution in [0.25, 0.3) is 0 Å². The lowest BCUT2D eigenvalue weighted by atomic mass is 10.1. The van der Waals surface area contributed by atoms with E-state index in [0.29, 0.717) is 37.4 Å². The number of fused-ring (bicyclic) bond motifs is 1. The van der Waals surface area contributed by atoms with E-state index < -0.39 is 9.84 Å². The molecule has 0 aliphatic carbocycles. The molecule has 0 saturated carbocycles. The third-order valence-electron chi connectivity index (χ3n) is 5.96. The average Bonchev–Trinajstić information content (AvgIpc) is 3.27. The van der Waals surface area contributed by atoms with Gasteiger partial charge < -0.3 is 15.1 Å². The minimum Gasteiger partial charge on any atom is -0.366 e. The molecular weight excluding hydrogens is 451 g/mol. The van der Waals surface area contributed by atoms with Crippen LogP contribution in [0, 0.1) is 5.82 Å². The van der Waals surface area contributed by atoms with Crippen molar-refractivity contribution in [3.8, 4) is 0 Å². The number of halogens is 1. The lowest BCUT2D eigenvalue weighted by Crippen LogP contribution is -2.49. The van der Waals surface area contributed by atoms with Crippen molar-refractivity contribution in [3.05, 3.63) is 59.9 Å². The SMILES string of the molecule is O=C(c1ccc(NC2=N[C@H]3CS(=O)(=O)C[C@H]3S2)cc1)N1CCN(c2ccccc2F)CC1. The summed E-state index contributed by atoms with van der Waals surface area (Å²) < 4.78 is 37.4. The number of carbonyl (C=O) groups excluding carboxylic acids is 1. The maximum absolute atomic E-state index is 14.0. The van der Waals surface area contributed by atoms with Gasteiger partial charge in [-0.2, -0.15) is 0 Å². The third-order valence-corrected chi connectivity index (χ3v) is 9.10. The van der Waals surface area contributed by atoms with Crippen LogP contribution < -0.4 is 10.2 Å². The number of carbonyl (C=O) groups is 1. The Morgan fingerprint density at radius 1 is 1.03 bits per heavy atom. The standard InChI is InChI=1S/C22H23FN4O3S2/c23-17-3-1-2-4-19(17)26-9-11-27(12-10-26)21(28)15-5-7-16(8-6-15)24-22-25-18-13-32(29,30)14-20(18)31-22/h1-8,18,20H,9-14H2,(H,24,25)/t18-,20+/m0/s1. The van der Waals surface area contributed by atoms with Gasteiger partial charge in [-0.15, -0.1) is 0 Å². The molecule has 0 unspecified atom stereocenters. The second-order valence-electron chi connectivity index (χ2n) is 8.17. The van der Waals surface area contributed by atoms with Gasteiger partial charge in [-0.25, -0.2) is 12.8 Å². The van der Waals surface area contributed by atoms with E-state index in [4.69, 9.17) is 0 Å². The van der Waals surface area contributed by atoms with E-state index in [1.807, 2.05) is 23.1 Å². The molecule has 10 heteroatoms. The maximum Gasteiger partial charge on any atom is 0.253 e. The van der Waals surface area contributed by atoms with Crippen LogP contribution in [0.5, 0.6) is 0 Å². The van der Waals surface area contributed by atoms with Crippen LogP contribution in [0.1, 0.15) is 10.4 Å². The average molecular weight is 475 g/mol. The molecule has 0 spiro atoms. The molecule has 3 aliphatic heterocycles. The summed E-state index contributed by atoms with van der Waals surface area (Å²) in [4.78, 5) is 21.1. The van der Waals surface area contributed by atoms with Crippen molar-refractivity contribution < 1.29 is 17.6 Å². The van der Waals surface area contributed by atoms with Gasteiger partial charge in [0.25, 0.3) is 5.91 Å². The van der Waals surface area contributed by atoms with Gasteiger partial charge in [0.2, 0.25) is 0 Å². The first-order valence-electron chi connectivity index (χ1n) is 10.5. The van der Waals surface area contributed by atoms with Crippen molar-refractivity contribution in [1.29, 1.82) is 0 Å². The quantitative estimate of drug-likeness (QED) is 0.736. The molecule has 3 aliphatic rings. The molecule has 2 saturated heterocycles. The molecule has 168 valence electrons. The highest BCUT2D eigenvalue weighted by Gasteiger charge is 2.42. The summed E-state index contributed by atoms with van der Waals surface area (Å²) in [5, 5.41) is 3.94. The van der Waals surface area contributed by atoms with Gasteiger partial charge in [-0.3, -0.25) is 9.79 Å². The zero-order valence-corrected chi connectivity index (χ0v) is 18.9. The zero-order valence-electron chi connectivity index (χ0n) is 17.3. The molecule has 0 bridgehead atoms. The van der Waals surface area contributed by atoms with E-state index in [-0.39, 0.29) is 34.5 Å². The van der Waals surface area contributed by atoms with Gasteiger partial charge in [-0.05, 0) is 36.4 Å². The molecule has 2 fully saturated rings. The summed E-state index contributed by atoms with van der Waals surface area (Å²) in [5.74, 6) is 0.00458. The van der Waals surface area contributed by atoms with Crippen LogP contribution in [-0.4, -0.2) is 73.4 Å². The lowest BCUT2D eigenvalue weighted by molar-refractivity contribution is 0.0746. The number of hydrogen-bond acceptors (Lipinski definition) is 7. The number of amides is 1.